The molecule has 1 rings (SSSR count). The molecule has 0 aromatic heterocycles. The molecule has 0 bridgehead atoms. The second kappa shape index (κ2) is 7.17. The summed E-state index contributed by atoms with van der Waals surface area (Å²) >= 11 is 1.62. The Balaban J connectivity index is 2.89. The van der Waals surface area contributed by atoms with Crippen molar-refractivity contribution in [3.63, 3.8) is 0 Å². The first-order chi connectivity index (χ1) is 8.19. The Hall–Kier alpha value is -1.22. The van der Waals surface area contributed by atoms with Gasteiger partial charge in [0, 0.05) is 0 Å². The summed E-state index contributed by atoms with van der Waals surface area (Å²) in [5.41, 5.74) is 1.74. The molecule has 0 unspecified atom stereocenters. The smallest absolute Gasteiger partial charge is 0.176 e. The standard InChI is InChI=1S/C14H18O2S/c1-4-8-16-14-7-6-11(3)9-12(14)13(15)10-17-5-2/h4,6-7,9H,1,5,8,10H2,2-3H3. The lowest BCUT2D eigenvalue weighted by molar-refractivity contribution is 0.101. The summed E-state index contributed by atoms with van der Waals surface area (Å²) in [4.78, 5) is 12.0. The van der Waals surface area contributed by atoms with Crippen LogP contribution in [0.2, 0.25) is 0 Å². The number of benzene rings is 1. The molecule has 17 heavy (non-hydrogen) atoms. The van der Waals surface area contributed by atoms with Gasteiger partial charge < -0.3 is 4.74 Å². The van der Waals surface area contributed by atoms with Gasteiger partial charge in [0.25, 0.3) is 0 Å². The van der Waals surface area contributed by atoms with Gasteiger partial charge in [-0.05, 0) is 24.8 Å². The minimum Gasteiger partial charge on any atom is -0.489 e. The Bertz CT molecular complexity index is 399. The number of hydrogen-bond acceptors (Lipinski definition) is 3. The fourth-order valence-electron chi connectivity index (χ4n) is 1.41. The van der Waals surface area contributed by atoms with Gasteiger partial charge in [0.05, 0.1) is 11.3 Å². The fraction of sp³-hybridized carbons (Fsp3) is 0.357. The van der Waals surface area contributed by atoms with Gasteiger partial charge in [0.1, 0.15) is 12.4 Å². The molecule has 0 atom stereocenters. The van der Waals surface area contributed by atoms with E-state index in [1.54, 1.807) is 17.8 Å². The summed E-state index contributed by atoms with van der Waals surface area (Å²) < 4.78 is 5.49. The van der Waals surface area contributed by atoms with E-state index in [9.17, 15) is 4.79 Å². The number of ether oxygens (including phenoxy) is 1. The SMILES string of the molecule is C=CCOc1ccc(C)cc1C(=O)CSCC. The van der Waals surface area contributed by atoms with Crippen molar-refractivity contribution >= 4 is 17.5 Å². The van der Waals surface area contributed by atoms with Gasteiger partial charge in [-0.25, -0.2) is 0 Å². The van der Waals surface area contributed by atoms with Crippen molar-refractivity contribution in [2.45, 2.75) is 13.8 Å². The summed E-state index contributed by atoms with van der Waals surface area (Å²) in [5.74, 6) is 2.22. The molecule has 0 aliphatic heterocycles. The maximum atomic E-state index is 12.0. The quantitative estimate of drug-likeness (QED) is 0.547. The normalized spacial score (nSPS) is 10.0. The van der Waals surface area contributed by atoms with Crippen LogP contribution in [-0.2, 0) is 0 Å². The predicted molar refractivity (Wildman–Crippen MR) is 74.2 cm³/mol. The molecule has 2 nitrogen and oxygen atoms in total. The molecule has 0 saturated heterocycles. The van der Waals surface area contributed by atoms with E-state index in [2.05, 4.69) is 6.58 Å². The maximum Gasteiger partial charge on any atom is 0.176 e. The topological polar surface area (TPSA) is 26.3 Å². The van der Waals surface area contributed by atoms with Gasteiger partial charge in [-0.15, -0.1) is 0 Å². The lowest BCUT2D eigenvalue weighted by Crippen LogP contribution is -2.07. The molecule has 0 aliphatic carbocycles. The molecule has 1 aromatic rings. The van der Waals surface area contributed by atoms with Crippen molar-refractivity contribution in [1.82, 2.24) is 0 Å². The fourth-order valence-corrected chi connectivity index (χ4v) is 1.95. The van der Waals surface area contributed by atoms with E-state index in [0.29, 0.717) is 23.7 Å². The van der Waals surface area contributed by atoms with Crippen molar-refractivity contribution in [3.8, 4) is 5.75 Å². The summed E-state index contributed by atoms with van der Waals surface area (Å²) in [6.45, 7) is 8.04. The number of ketones is 1. The van der Waals surface area contributed by atoms with Crippen LogP contribution in [0.5, 0.6) is 5.75 Å². The number of hydrogen-bond donors (Lipinski definition) is 0. The monoisotopic (exact) mass is 250 g/mol. The van der Waals surface area contributed by atoms with Crippen LogP contribution in [0.15, 0.2) is 30.9 Å². The third kappa shape index (κ3) is 4.27. The van der Waals surface area contributed by atoms with Gasteiger partial charge in [-0.1, -0.05) is 31.2 Å². The summed E-state index contributed by atoms with van der Waals surface area (Å²) in [6, 6.07) is 5.68. The van der Waals surface area contributed by atoms with Crippen LogP contribution in [0.4, 0.5) is 0 Å². The molecular formula is C14H18O2S. The van der Waals surface area contributed by atoms with E-state index in [1.165, 1.54) is 0 Å². The van der Waals surface area contributed by atoms with E-state index in [-0.39, 0.29) is 5.78 Å². The Kier molecular flexibility index (Phi) is 5.84. The van der Waals surface area contributed by atoms with Crippen molar-refractivity contribution in [2.24, 2.45) is 0 Å². The molecule has 0 aliphatic rings. The van der Waals surface area contributed by atoms with Crippen LogP contribution in [0, 0.1) is 6.92 Å². The second-order valence-electron chi connectivity index (χ2n) is 3.66. The van der Waals surface area contributed by atoms with Crippen molar-refractivity contribution < 1.29 is 9.53 Å². The lowest BCUT2D eigenvalue weighted by Gasteiger charge is -2.10. The second-order valence-corrected chi connectivity index (χ2v) is 4.93. The molecular weight excluding hydrogens is 232 g/mol. The average molecular weight is 250 g/mol. The van der Waals surface area contributed by atoms with Crippen LogP contribution >= 0.6 is 11.8 Å². The minimum absolute atomic E-state index is 0.125. The van der Waals surface area contributed by atoms with Gasteiger partial charge in [0.15, 0.2) is 5.78 Å². The van der Waals surface area contributed by atoms with Gasteiger partial charge in [0.2, 0.25) is 0 Å². The number of rotatable bonds is 7. The van der Waals surface area contributed by atoms with E-state index in [4.69, 9.17) is 4.74 Å². The number of thioether (sulfide) groups is 1. The molecule has 0 radical (unpaired) electrons. The summed E-state index contributed by atoms with van der Waals surface area (Å²) in [5, 5.41) is 0. The maximum absolute atomic E-state index is 12.0. The summed E-state index contributed by atoms with van der Waals surface area (Å²) in [6.07, 6.45) is 1.68. The molecule has 92 valence electrons. The average Bonchev–Trinajstić information content (AvgIpc) is 2.34. The van der Waals surface area contributed by atoms with Gasteiger partial charge in [-0.2, -0.15) is 11.8 Å². The Morgan fingerprint density at radius 2 is 2.29 bits per heavy atom. The molecule has 1 aromatic carbocycles. The molecule has 0 N–H and O–H groups in total. The summed E-state index contributed by atoms with van der Waals surface area (Å²) in [7, 11) is 0. The van der Waals surface area contributed by atoms with Crippen LogP contribution < -0.4 is 4.74 Å². The highest BCUT2D eigenvalue weighted by molar-refractivity contribution is 7.99. The predicted octanol–water partition coefficient (Wildman–Crippen LogP) is 3.50. The Morgan fingerprint density at radius 1 is 1.53 bits per heavy atom. The Labute approximate surface area is 107 Å². The van der Waals surface area contributed by atoms with E-state index in [0.717, 1.165) is 11.3 Å². The molecule has 0 amide bonds. The Morgan fingerprint density at radius 3 is 2.94 bits per heavy atom. The van der Waals surface area contributed by atoms with E-state index < -0.39 is 0 Å². The van der Waals surface area contributed by atoms with Crippen molar-refractivity contribution in [2.75, 3.05) is 18.1 Å². The number of carbonyl (C=O) groups excluding carboxylic acids is 1. The first-order valence-corrected chi connectivity index (χ1v) is 6.79. The van der Waals surface area contributed by atoms with Crippen LogP contribution in [0.1, 0.15) is 22.8 Å². The molecule has 0 saturated carbocycles. The number of aryl methyl sites for hydroxylation is 1. The van der Waals surface area contributed by atoms with Crippen LogP contribution in [0.25, 0.3) is 0 Å². The minimum atomic E-state index is 0.125. The molecule has 0 heterocycles. The zero-order valence-corrected chi connectivity index (χ0v) is 11.2. The molecule has 0 fully saturated rings. The molecule has 0 spiro atoms. The first-order valence-electron chi connectivity index (χ1n) is 5.64. The first kappa shape index (κ1) is 13.8. The van der Waals surface area contributed by atoms with E-state index in [1.807, 2.05) is 32.0 Å². The highest BCUT2D eigenvalue weighted by Crippen LogP contribution is 2.22. The zero-order valence-electron chi connectivity index (χ0n) is 10.4. The number of carbonyl (C=O) groups is 1. The largest absolute Gasteiger partial charge is 0.489 e. The van der Waals surface area contributed by atoms with Gasteiger partial charge >= 0.3 is 0 Å². The highest BCUT2D eigenvalue weighted by Gasteiger charge is 2.12. The number of Topliss-reactive ketones (excluding diaryl/α,β-unsaturated/α-hetero) is 1. The lowest BCUT2D eigenvalue weighted by atomic mass is 10.1. The van der Waals surface area contributed by atoms with Crippen LogP contribution in [0.3, 0.4) is 0 Å². The highest BCUT2D eigenvalue weighted by atomic mass is 32.2. The van der Waals surface area contributed by atoms with E-state index >= 15 is 0 Å². The van der Waals surface area contributed by atoms with Gasteiger partial charge in [-0.3, -0.25) is 4.79 Å². The third-order valence-corrected chi connectivity index (χ3v) is 3.10. The van der Waals surface area contributed by atoms with Crippen LogP contribution in [-0.4, -0.2) is 23.9 Å². The van der Waals surface area contributed by atoms with Crippen molar-refractivity contribution in [1.29, 1.82) is 0 Å². The van der Waals surface area contributed by atoms with Crippen molar-refractivity contribution in [3.05, 3.63) is 42.0 Å². The molecule has 3 heteroatoms. The third-order valence-electron chi connectivity index (χ3n) is 2.23. The zero-order chi connectivity index (χ0) is 12.7.